The zero-order chi connectivity index (χ0) is 15.7. The first-order valence-corrected chi connectivity index (χ1v) is 7.37. The molecule has 1 atom stereocenters. The van der Waals surface area contributed by atoms with Crippen molar-refractivity contribution in [1.29, 1.82) is 0 Å². The van der Waals surface area contributed by atoms with E-state index in [2.05, 4.69) is 25.2 Å². The molecule has 6 nitrogen and oxygen atoms in total. The summed E-state index contributed by atoms with van der Waals surface area (Å²) in [5.74, 6) is 0.130. The van der Waals surface area contributed by atoms with Gasteiger partial charge in [-0.05, 0) is 25.0 Å². The highest BCUT2D eigenvalue weighted by atomic mass is 16.7. The van der Waals surface area contributed by atoms with Crippen molar-refractivity contribution in [2.75, 3.05) is 5.32 Å². The van der Waals surface area contributed by atoms with E-state index < -0.39 is 16.8 Å². The second kappa shape index (κ2) is 5.46. The lowest BCUT2D eigenvalue weighted by atomic mass is 9.85. The van der Waals surface area contributed by atoms with Crippen LogP contribution in [-0.2, 0) is 10.3 Å². The standard InChI is InChI=1S/C16H18N2O4/c1-3-16(4-2)11-7-5-6-8-12(11)17-15(22-16)13-9-10-14(21-13)18(19)20/h5-10,15,17H,3-4H2,1-2H3. The van der Waals surface area contributed by atoms with Crippen LogP contribution in [0.15, 0.2) is 40.8 Å². The maximum absolute atomic E-state index is 10.8. The van der Waals surface area contributed by atoms with E-state index in [-0.39, 0.29) is 5.88 Å². The molecule has 2 heterocycles. The van der Waals surface area contributed by atoms with Gasteiger partial charge in [0.25, 0.3) is 0 Å². The number of hydrogen-bond acceptors (Lipinski definition) is 5. The van der Waals surface area contributed by atoms with Gasteiger partial charge in [0.2, 0.25) is 0 Å². The predicted octanol–water partition coefficient (Wildman–Crippen LogP) is 4.34. The molecule has 1 aromatic carbocycles. The van der Waals surface area contributed by atoms with Crippen molar-refractivity contribution in [2.24, 2.45) is 0 Å². The zero-order valence-electron chi connectivity index (χ0n) is 12.5. The maximum Gasteiger partial charge on any atom is 0.433 e. The lowest BCUT2D eigenvalue weighted by Crippen LogP contribution is -2.37. The van der Waals surface area contributed by atoms with E-state index in [1.807, 2.05) is 18.2 Å². The number of para-hydroxylation sites is 1. The van der Waals surface area contributed by atoms with Crippen LogP contribution >= 0.6 is 0 Å². The fourth-order valence-electron chi connectivity index (χ4n) is 2.97. The summed E-state index contributed by atoms with van der Waals surface area (Å²) in [7, 11) is 0. The molecule has 1 aliphatic rings. The highest BCUT2D eigenvalue weighted by Gasteiger charge is 2.40. The minimum atomic E-state index is -0.548. The molecule has 0 bridgehead atoms. The molecule has 2 aromatic rings. The van der Waals surface area contributed by atoms with E-state index >= 15 is 0 Å². The molecule has 22 heavy (non-hydrogen) atoms. The molecule has 3 rings (SSSR count). The number of nitro groups is 1. The van der Waals surface area contributed by atoms with Crippen LogP contribution in [0.4, 0.5) is 11.6 Å². The molecule has 6 heteroatoms. The highest BCUT2D eigenvalue weighted by molar-refractivity contribution is 5.56. The Morgan fingerprint density at radius 2 is 1.95 bits per heavy atom. The Bertz CT molecular complexity index is 691. The fraction of sp³-hybridized carbons (Fsp3) is 0.375. The van der Waals surface area contributed by atoms with Gasteiger partial charge in [0, 0.05) is 11.3 Å². The van der Waals surface area contributed by atoms with Gasteiger partial charge in [-0.3, -0.25) is 10.1 Å². The van der Waals surface area contributed by atoms with Gasteiger partial charge in [-0.1, -0.05) is 32.0 Å². The Morgan fingerprint density at radius 1 is 1.23 bits per heavy atom. The van der Waals surface area contributed by atoms with E-state index in [4.69, 9.17) is 9.15 Å². The third kappa shape index (κ3) is 2.25. The molecular formula is C16H18N2O4. The van der Waals surface area contributed by atoms with Crippen molar-refractivity contribution in [3.8, 4) is 0 Å². The van der Waals surface area contributed by atoms with Crippen LogP contribution in [0, 0.1) is 10.1 Å². The SMILES string of the molecule is CCC1(CC)OC(c2ccc([N+](=O)[O-])o2)Nc2ccccc21. The summed E-state index contributed by atoms with van der Waals surface area (Å²) in [6.07, 6.45) is 1.08. The van der Waals surface area contributed by atoms with Crippen LogP contribution in [0.1, 0.15) is 44.2 Å². The molecule has 1 aromatic heterocycles. The van der Waals surface area contributed by atoms with E-state index in [0.717, 1.165) is 24.1 Å². The van der Waals surface area contributed by atoms with Crippen molar-refractivity contribution >= 4 is 11.6 Å². The van der Waals surface area contributed by atoms with Gasteiger partial charge in [-0.2, -0.15) is 0 Å². The Hall–Kier alpha value is -2.34. The summed E-state index contributed by atoms with van der Waals surface area (Å²) >= 11 is 0. The number of anilines is 1. The maximum atomic E-state index is 10.8. The number of furan rings is 1. The summed E-state index contributed by atoms with van der Waals surface area (Å²) in [6, 6.07) is 10.9. The summed E-state index contributed by atoms with van der Waals surface area (Å²) in [5.41, 5.74) is 1.66. The first kappa shape index (κ1) is 14.6. The quantitative estimate of drug-likeness (QED) is 0.671. The van der Waals surface area contributed by atoms with Gasteiger partial charge in [0.15, 0.2) is 12.0 Å². The average Bonchev–Trinajstić information content (AvgIpc) is 3.04. The van der Waals surface area contributed by atoms with Crippen LogP contribution in [0.3, 0.4) is 0 Å². The largest absolute Gasteiger partial charge is 0.433 e. The molecule has 0 fully saturated rings. The molecule has 0 spiro atoms. The van der Waals surface area contributed by atoms with Crippen molar-refractivity contribution in [1.82, 2.24) is 0 Å². The molecule has 1 aliphatic heterocycles. The first-order valence-electron chi connectivity index (χ1n) is 7.37. The van der Waals surface area contributed by atoms with Crippen molar-refractivity contribution in [2.45, 2.75) is 38.5 Å². The number of hydrogen-bond donors (Lipinski definition) is 1. The van der Waals surface area contributed by atoms with E-state index in [0.29, 0.717) is 5.76 Å². The first-order chi connectivity index (χ1) is 10.6. The predicted molar refractivity (Wildman–Crippen MR) is 81.5 cm³/mol. The second-order valence-electron chi connectivity index (χ2n) is 5.32. The van der Waals surface area contributed by atoms with Crippen molar-refractivity contribution < 1.29 is 14.1 Å². The van der Waals surface area contributed by atoms with E-state index in [1.165, 1.54) is 6.07 Å². The monoisotopic (exact) mass is 302 g/mol. The van der Waals surface area contributed by atoms with Crippen molar-refractivity contribution in [3.05, 3.63) is 57.8 Å². The second-order valence-corrected chi connectivity index (χ2v) is 5.32. The molecule has 0 aliphatic carbocycles. The van der Waals surface area contributed by atoms with Gasteiger partial charge in [0.1, 0.15) is 4.92 Å². The minimum Gasteiger partial charge on any atom is -0.401 e. The third-order valence-corrected chi connectivity index (χ3v) is 4.24. The molecule has 0 radical (unpaired) electrons. The topological polar surface area (TPSA) is 77.5 Å². The zero-order valence-corrected chi connectivity index (χ0v) is 12.5. The van der Waals surface area contributed by atoms with Gasteiger partial charge in [0.05, 0.1) is 11.7 Å². The van der Waals surface area contributed by atoms with Crippen LogP contribution in [-0.4, -0.2) is 4.92 Å². The van der Waals surface area contributed by atoms with Crippen molar-refractivity contribution in [3.63, 3.8) is 0 Å². The number of rotatable bonds is 4. The molecule has 1 unspecified atom stereocenters. The molecule has 116 valence electrons. The summed E-state index contributed by atoms with van der Waals surface area (Å²) in [6.45, 7) is 4.15. The Kier molecular flexibility index (Phi) is 3.62. The normalized spacial score (nSPS) is 19.3. The van der Waals surface area contributed by atoms with Crippen LogP contribution in [0.25, 0.3) is 0 Å². The lowest BCUT2D eigenvalue weighted by molar-refractivity contribution is -0.402. The summed E-state index contributed by atoms with van der Waals surface area (Å²) < 4.78 is 11.5. The fourth-order valence-corrected chi connectivity index (χ4v) is 2.97. The Balaban J connectivity index is 2.01. The number of nitrogens with zero attached hydrogens (tertiary/aromatic N) is 1. The Morgan fingerprint density at radius 3 is 2.59 bits per heavy atom. The summed E-state index contributed by atoms with van der Waals surface area (Å²) in [4.78, 5) is 10.2. The van der Waals surface area contributed by atoms with Gasteiger partial charge in [-0.25, -0.2) is 0 Å². The van der Waals surface area contributed by atoms with Crippen LogP contribution in [0.5, 0.6) is 0 Å². The van der Waals surface area contributed by atoms with Gasteiger partial charge in [-0.15, -0.1) is 0 Å². The van der Waals surface area contributed by atoms with E-state index in [9.17, 15) is 10.1 Å². The lowest BCUT2D eigenvalue weighted by Gasteiger charge is -2.42. The van der Waals surface area contributed by atoms with E-state index in [1.54, 1.807) is 6.07 Å². The average molecular weight is 302 g/mol. The molecule has 1 N–H and O–H groups in total. The minimum absolute atomic E-state index is 0.280. The Labute approximate surface area is 128 Å². The molecule has 0 amide bonds. The smallest absolute Gasteiger partial charge is 0.401 e. The van der Waals surface area contributed by atoms with Gasteiger partial charge >= 0.3 is 5.88 Å². The third-order valence-electron chi connectivity index (χ3n) is 4.24. The number of fused-ring (bicyclic) bond motifs is 1. The molecule has 0 saturated heterocycles. The number of benzene rings is 1. The number of nitrogens with one attached hydrogen (secondary N) is 1. The highest BCUT2D eigenvalue weighted by Crippen LogP contribution is 2.46. The molecular weight excluding hydrogens is 284 g/mol. The van der Waals surface area contributed by atoms with Gasteiger partial charge < -0.3 is 14.5 Å². The summed E-state index contributed by atoms with van der Waals surface area (Å²) in [5, 5.41) is 14.0. The van der Waals surface area contributed by atoms with Crippen LogP contribution in [0.2, 0.25) is 0 Å². The van der Waals surface area contributed by atoms with Crippen LogP contribution < -0.4 is 5.32 Å². The molecule has 0 saturated carbocycles. The number of ether oxygens (including phenoxy) is 1.